The predicted molar refractivity (Wildman–Crippen MR) is 60.5 cm³/mol. The van der Waals surface area contributed by atoms with Crippen molar-refractivity contribution in [3.63, 3.8) is 0 Å². The molecule has 0 aromatic heterocycles. The highest BCUT2D eigenvalue weighted by atomic mass is 16.3. The van der Waals surface area contributed by atoms with Gasteiger partial charge in [0.15, 0.2) is 6.34 Å². The van der Waals surface area contributed by atoms with Crippen molar-refractivity contribution >= 4 is 12.0 Å². The van der Waals surface area contributed by atoms with E-state index in [1.807, 2.05) is 18.6 Å². The van der Waals surface area contributed by atoms with Crippen LogP contribution >= 0.6 is 0 Å². The lowest BCUT2D eigenvalue weighted by Gasteiger charge is -2.26. The monoisotopic (exact) mass is 201 g/mol. The first-order valence-corrected chi connectivity index (χ1v) is 5.18. The number of aliphatic hydroxyl groups excluding tert-OH is 1. The molecule has 3 rings (SSSR count). The Morgan fingerprint density at radius 2 is 2.20 bits per heavy atom. The van der Waals surface area contributed by atoms with Gasteiger partial charge in [0.25, 0.3) is 0 Å². The summed E-state index contributed by atoms with van der Waals surface area (Å²) in [5.41, 5.74) is 3.88. The number of benzene rings is 1. The predicted octanol–water partition coefficient (Wildman–Crippen LogP) is 1.43. The summed E-state index contributed by atoms with van der Waals surface area (Å²) in [6.07, 6.45) is 4.81. The van der Waals surface area contributed by atoms with Crippen LogP contribution < -0.4 is 4.48 Å². The van der Waals surface area contributed by atoms with E-state index in [0.29, 0.717) is 11.0 Å². The summed E-state index contributed by atoms with van der Waals surface area (Å²) in [4.78, 5) is 4.23. The number of hydrogen-bond acceptors (Lipinski definition) is 2. The van der Waals surface area contributed by atoms with Crippen LogP contribution in [0.2, 0.25) is 0 Å². The zero-order chi connectivity index (χ0) is 10.3. The molecule has 3 nitrogen and oxygen atoms in total. The van der Waals surface area contributed by atoms with Crippen LogP contribution in [0.15, 0.2) is 41.2 Å². The van der Waals surface area contributed by atoms with Crippen molar-refractivity contribution in [2.24, 2.45) is 4.99 Å². The minimum absolute atomic E-state index is 0.178. The van der Waals surface area contributed by atoms with E-state index in [1.54, 1.807) is 0 Å². The molecule has 0 amide bonds. The van der Waals surface area contributed by atoms with E-state index in [4.69, 9.17) is 0 Å². The lowest BCUT2D eigenvalue weighted by Crippen LogP contribution is -2.45. The summed E-state index contributed by atoms with van der Waals surface area (Å²) in [5.74, 6) is 0. The molecule has 2 aliphatic heterocycles. The molecule has 1 N–H and O–H groups in total. The van der Waals surface area contributed by atoms with Gasteiger partial charge in [-0.05, 0) is 0 Å². The van der Waals surface area contributed by atoms with E-state index >= 15 is 0 Å². The first-order valence-electron chi connectivity index (χ1n) is 5.18. The maximum Gasteiger partial charge on any atom is 0.200 e. The zero-order valence-electron chi connectivity index (χ0n) is 8.43. The first kappa shape index (κ1) is 8.83. The molecule has 1 aromatic carbocycles. The Morgan fingerprint density at radius 1 is 1.33 bits per heavy atom. The second-order valence-corrected chi connectivity index (χ2v) is 4.01. The third-order valence-electron chi connectivity index (χ3n) is 3.25. The van der Waals surface area contributed by atoms with Gasteiger partial charge in [0, 0.05) is 11.6 Å². The number of hydrogen-bond donors (Lipinski definition) is 1. The van der Waals surface area contributed by atoms with E-state index in [1.165, 1.54) is 16.9 Å². The van der Waals surface area contributed by atoms with Crippen LogP contribution in [0, 0.1) is 0 Å². The summed E-state index contributed by atoms with van der Waals surface area (Å²) < 4.78 is 0.632. The van der Waals surface area contributed by atoms with Gasteiger partial charge in [0.2, 0.25) is 0 Å². The van der Waals surface area contributed by atoms with E-state index in [9.17, 15) is 5.11 Å². The molecule has 0 aliphatic carbocycles. The maximum absolute atomic E-state index is 9.19. The molecule has 1 atom stereocenters. The second kappa shape index (κ2) is 3.02. The molecule has 15 heavy (non-hydrogen) atoms. The molecule has 2 heterocycles. The van der Waals surface area contributed by atoms with Gasteiger partial charge in [-0.25, -0.2) is 9.48 Å². The molecule has 0 fully saturated rings. The minimum atomic E-state index is 0.178. The van der Waals surface area contributed by atoms with Crippen molar-refractivity contribution in [2.75, 3.05) is 13.2 Å². The highest BCUT2D eigenvalue weighted by molar-refractivity contribution is 5.85. The van der Waals surface area contributed by atoms with Crippen LogP contribution in [0.25, 0.3) is 0 Å². The first-order chi connectivity index (χ1) is 7.37. The van der Waals surface area contributed by atoms with Gasteiger partial charge in [-0.3, -0.25) is 0 Å². The third-order valence-corrected chi connectivity index (χ3v) is 3.25. The standard InChI is InChI=1S/C12H13N2O/c15-6-5-14-9-13-8-11(14)7-10-3-1-2-4-12(10)14/h1-4,8-9,15H,5-7H2/q+1. The van der Waals surface area contributed by atoms with Gasteiger partial charge >= 0.3 is 0 Å². The van der Waals surface area contributed by atoms with Crippen LogP contribution in [0.3, 0.4) is 0 Å². The van der Waals surface area contributed by atoms with E-state index in [0.717, 1.165) is 6.42 Å². The summed E-state index contributed by atoms with van der Waals surface area (Å²) in [6, 6.07) is 8.39. The number of aliphatic hydroxyl groups is 1. The van der Waals surface area contributed by atoms with Gasteiger partial charge in [0.1, 0.15) is 17.9 Å². The lowest BCUT2D eigenvalue weighted by atomic mass is 10.1. The smallest absolute Gasteiger partial charge is 0.200 e. The molecule has 0 radical (unpaired) electrons. The van der Waals surface area contributed by atoms with E-state index in [2.05, 4.69) is 23.2 Å². The number of fused-ring (bicyclic) bond motifs is 3. The van der Waals surface area contributed by atoms with Crippen molar-refractivity contribution in [3.8, 4) is 0 Å². The van der Waals surface area contributed by atoms with Gasteiger partial charge in [0.05, 0.1) is 19.2 Å². The number of quaternary nitrogens is 1. The highest BCUT2D eigenvalue weighted by Gasteiger charge is 2.44. The van der Waals surface area contributed by atoms with Crippen LogP contribution in [-0.2, 0) is 6.42 Å². The van der Waals surface area contributed by atoms with Crippen LogP contribution in [0.4, 0.5) is 5.69 Å². The number of rotatable bonds is 2. The molecular formula is C12H13N2O+. The Hall–Kier alpha value is -1.45. The zero-order valence-corrected chi connectivity index (χ0v) is 8.43. The minimum Gasteiger partial charge on any atom is -0.390 e. The van der Waals surface area contributed by atoms with Crippen LogP contribution in [0.1, 0.15) is 5.56 Å². The summed E-state index contributed by atoms with van der Waals surface area (Å²) in [5, 5.41) is 9.19. The molecule has 1 unspecified atom stereocenters. The molecule has 1 aromatic rings. The summed E-state index contributed by atoms with van der Waals surface area (Å²) in [7, 11) is 0. The van der Waals surface area contributed by atoms with Crippen LogP contribution in [-0.4, -0.2) is 24.6 Å². The fraction of sp³-hybridized carbons (Fsp3) is 0.250. The topological polar surface area (TPSA) is 32.6 Å². The normalized spacial score (nSPS) is 26.3. The van der Waals surface area contributed by atoms with Crippen molar-refractivity contribution < 1.29 is 5.11 Å². The van der Waals surface area contributed by atoms with Gasteiger partial charge < -0.3 is 5.11 Å². The second-order valence-electron chi connectivity index (χ2n) is 4.01. The average Bonchev–Trinajstić information content (AvgIpc) is 2.74. The fourth-order valence-corrected chi connectivity index (χ4v) is 2.54. The Balaban J connectivity index is 2.18. The number of para-hydroxylation sites is 1. The molecule has 76 valence electrons. The molecular weight excluding hydrogens is 188 g/mol. The molecule has 3 heteroatoms. The van der Waals surface area contributed by atoms with Crippen molar-refractivity contribution in [3.05, 3.63) is 41.7 Å². The highest BCUT2D eigenvalue weighted by Crippen LogP contribution is 2.41. The molecule has 0 saturated heterocycles. The maximum atomic E-state index is 9.19. The number of aliphatic imine (C=N–C) groups is 1. The molecule has 0 saturated carbocycles. The fourth-order valence-electron chi connectivity index (χ4n) is 2.54. The Bertz CT molecular complexity index is 464. The SMILES string of the molecule is OCC[N+]12C=NC=C1Cc1ccccc12. The molecule has 0 spiro atoms. The molecule has 2 aliphatic rings. The van der Waals surface area contributed by atoms with E-state index in [-0.39, 0.29) is 6.61 Å². The van der Waals surface area contributed by atoms with Crippen molar-refractivity contribution in [1.29, 1.82) is 0 Å². The van der Waals surface area contributed by atoms with E-state index < -0.39 is 0 Å². The number of allylic oxidation sites excluding steroid dienone is 1. The Morgan fingerprint density at radius 3 is 3.07 bits per heavy atom. The van der Waals surface area contributed by atoms with Gasteiger partial charge in [-0.1, -0.05) is 18.2 Å². The van der Waals surface area contributed by atoms with Crippen LogP contribution in [0.5, 0.6) is 0 Å². The summed E-state index contributed by atoms with van der Waals surface area (Å²) >= 11 is 0. The van der Waals surface area contributed by atoms with Crippen molar-refractivity contribution in [2.45, 2.75) is 6.42 Å². The Kier molecular flexibility index (Phi) is 1.78. The van der Waals surface area contributed by atoms with Crippen molar-refractivity contribution in [1.82, 2.24) is 4.48 Å². The Labute approximate surface area is 88.6 Å². The molecule has 0 bridgehead atoms. The van der Waals surface area contributed by atoms with Gasteiger partial charge in [-0.2, -0.15) is 0 Å². The third kappa shape index (κ3) is 1.05. The average molecular weight is 201 g/mol. The summed E-state index contributed by atoms with van der Waals surface area (Å²) in [6.45, 7) is 0.865. The number of nitrogens with zero attached hydrogens (tertiary/aromatic N) is 2. The largest absolute Gasteiger partial charge is 0.390 e. The quantitative estimate of drug-likeness (QED) is 0.721. The lowest BCUT2D eigenvalue weighted by molar-refractivity contribution is 0.270. The van der Waals surface area contributed by atoms with Gasteiger partial charge in [-0.15, -0.1) is 0 Å².